The summed E-state index contributed by atoms with van der Waals surface area (Å²) in [5, 5.41) is 16.6. The predicted octanol–water partition coefficient (Wildman–Crippen LogP) is 9.93. The van der Waals surface area contributed by atoms with Crippen molar-refractivity contribution < 1.29 is 52.1 Å². The van der Waals surface area contributed by atoms with Gasteiger partial charge in [-0.05, 0) is 159 Å². The molecule has 6 aromatic rings. The van der Waals surface area contributed by atoms with Gasteiger partial charge in [-0.3, -0.25) is 47.8 Å². The summed E-state index contributed by atoms with van der Waals surface area (Å²) >= 11 is 6.14. The monoisotopic (exact) mass is 1180 g/mol. The lowest BCUT2D eigenvalue weighted by Gasteiger charge is -2.16. The number of Topliss-reactive ketones (excluding diaryl/α,β-unsaturated/α-hetero) is 6. The van der Waals surface area contributed by atoms with E-state index in [2.05, 4.69) is 31.2 Å². The first kappa shape index (κ1) is 64.6. The molecule has 6 unspecified atom stereocenters. The number of benzene rings is 3. The second-order valence-electron chi connectivity index (χ2n) is 23.4. The van der Waals surface area contributed by atoms with Gasteiger partial charge in [-0.25, -0.2) is 4.98 Å². The Morgan fingerprint density at radius 2 is 0.882 bits per heavy atom. The molecule has 3 aromatic heterocycles. The van der Waals surface area contributed by atoms with E-state index >= 15 is 0 Å². The fraction of sp³-hybridized carbons (Fsp3) is 0.455. The molecule has 85 heavy (non-hydrogen) atoms. The van der Waals surface area contributed by atoms with Crippen LogP contribution in [0.4, 0.5) is 0 Å². The van der Waals surface area contributed by atoms with Crippen LogP contribution in [0.15, 0.2) is 45.3 Å². The van der Waals surface area contributed by atoms with E-state index in [1.807, 2.05) is 98.7 Å². The number of rotatable bonds is 15. The summed E-state index contributed by atoms with van der Waals surface area (Å²) in [4.78, 5) is 118. The maximum atomic E-state index is 13.0. The smallest absolute Gasteiger partial charge is 0.289 e. The third-order valence-corrected chi connectivity index (χ3v) is 17.1. The summed E-state index contributed by atoms with van der Waals surface area (Å²) in [6.07, 6.45) is 1.98. The number of hydrogen-bond donors (Lipinski definition) is 3. The van der Waals surface area contributed by atoms with Crippen molar-refractivity contribution >= 4 is 64.0 Å². The van der Waals surface area contributed by atoms with Crippen LogP contribution in [0.2, 0.25) is 5.02 Å². The first-order valence-electron chi connectivity index (χ1n) is 28.8. The standard InChI is InChI=1S/C22H26ClN3O3.2C22H26N2O4/c1-11-8-12(2)17(13(3)9-11)18-16(27)10-15(21(18)28)6-7-24-22(29)20-19(23)14(4)26(5)25-20;1-11-8-12(2)18(13(3)9-11)19-17(25)10-16(20(19)26)6-7-23-22(27)21-14(4)24-15(5)28-21;1-11-8-12(2)18(13(3)9-11)20-17(25)10-16(21(20)26)6-7-23-22(27)19-14(4)24-28-15(19)5/h8-9,15,18H,6-7,10H2,1-5H3,(H,24,29);8-9,16,19H,6-7,10H2,1-5H3,(H,23,27);8-9,16,20H,6-7,10H2,1-5H3,(H,23,27). The van der Waals surface area contributed by atoms with E-state index in [-0.39, 0.29) is 107 Å². The van der Waals surface area contributed by atoms with Gasteiger partial charge in [0.1, 0.15) is 46.4 Å². The molecular weight excluding hydrogens is 1100 g/mol. The Morgan fingerprint density at radius 1 is 0.529 bits per heavy atom. The van der Waals surface area contributed by atoms with Gasteiger partial charge in [-0.15, -0.1) is 0 Å². The van der Waals surface area contributed by atoms with Gasteiger partial charge >= 0.3 is 0 Å². The van der Waals surface area contributed by atoms with Crippen LogP contribution in [0.5, 0.6) is 0 Å². The average Bonchev–Trinajstić information content (AvgIpc) is 4.41. The van der Waals surface area contributed by atoms with Gasteiger partial charge in [0.15, 0.2) is 28.9 Å². The molecule has 19 heteroatoms. The first-order valence-corrected chi connectivity index (χ1v) is 29.2. The van der Waals surface area contributed by atoms with Crippen LogP contribution in [0.3, 0.4) is 0 Å². The van der Waals surface area contributed by atoms with Crippen molar-refractivity contribution in [2.24, 2.45) is 24.8 Å². The highest BCUT2D eigenvalue weighted by molar-refractivity contribution is 6.34. The third kappa shape index (κ3) is 14.2. The topological polar surface area (TPSA) is 260 Å². The van der Waals surface area contributed by atoms with Gasteiger partial charge in [-0.2, -0.15) is 5.10 Å². The molecule has 18 nitrogen and oxygen atoms in total. The number of aryl methyl sites for hydroxylation is 14. The van der Waals surface area contributed by atoms with Crippen LogP contribution in [0, 0.1) is 115 Å². The molecule has 9 rings (SSSR count). The summed E-state index contributed by atoms with van der Waals surface area (Å²) < 4.78 is 11.9. The Morgan fingerprint density at radius 3 is 1.19 bits per heavy atom. The van der Waals surface area contributed by atoms with Crippen molar-refractivity contribution in [2.45, 2.75) is 153 Å². The zero-order chi connectivity index (χ0) is 62.6. The number of hydrogen-bond acceptors (Lipinski definition) is 14. The van der Waals surface area contributed by atoms with E-state index in [9.17, 15) is 43.2 Å². The largest absolute Gasteiger partial charge is 0.436 e. The lowest BCUT2D eigenvalue weighted by Crippen LogP contribution is -2.28. The highest BCUT2D eigenvalue weighted by Crippen LogP contribution is 2.40. The highest BCUT2D eigenvalue weighted by atomic mass is 35.5. The SMILES string of the molecule is Cc1cc(C)c(C2C(=O)CC(CCNC(=O)c3c(C)noc3C)C2=O)c(C)c1.Cc1cc(C)c(C2C(=O)CC(CCNC(=O)c3nn(C)c(C)c3Cl)C2=O)c(C)c1.Cc1cc(C)c(C2C(=O)CC(CCNC(=O)c3oc(C)nc3C)C2=O)c(C)c1. The zero-order valence-electron chi connectivity index (χ0n) is 51.4. The summed E-state index contributed by atoms with van der Waals surface area (Å²) in [5.41, 5.74) is 14.1. The fourth-order valence-corrected chi connectivity index (χ4v) is 13.0. The number of aromatic nitrogens is 4. The maximum absolute atomic E-state index is 13.0. The molecule has 3 saturated carbocycles. The second-order valence-corrected chi connectivity index (χ2v) is 23.8. The van der Waals surface area contributed by atoms with Crippen molar-refractivity contribution in [1.29, 1.82) is 0 Å². The molecule has 450 valence electrons. The van der Waals surface area contributed by atoms with Gasteiger partial charge in [0.2, 0.25) is 5.76 Å². The first-order chi connectivity index (χ1) is 40.0. The number of carbonyl (C=O) groups excluding carboxylic acids is 9. The van der Waals surface area contributed by atoms with Crippen molar-refractivity contribution in [3.8, 4) is 0 Å². The molecule has 3 aliphatic carbocycles. The van der Waals surface area contributed by atoms with Crippen molar-refractivity contribution in [2.75, 3.05) is 19.6 Å². The molecule has 6 atom stereocenters. The molecule has 0 aliphatic heterocycles. The normalized spacial score (nSPS) is 19.2. The quantitative estimate of drug-likeness (QED) is 0.0809. The minimum Gasteiger partial charge on any atom is -0.436 e. The molecule has 3 N–H and O–H groups in total. The minimum atomic E-state index is -0.691. The van der Waals surface area contributed by atoms with Gasteiger partial charge in [0, 0.05) is 70.6 Å². The molecule has 3 fully saturated rings. The Hall–Kier alpha value is -7.99. The fourth-order valence-electron chi connectivity index (χ4n) is 12.8. The number of oxazole rings is 1. The molecule has 3 heterocycles. The van der Waals surface area contributed by atoms with Gasteiger partial charge in [0.25, 0.3) is 17.7 Å². The lowest BCUT2D eigenvalue weighted by atomic mass is 9.86. The third-order valence-electron chi connectivity index (χ3n) is 16.6. The second kappa shape index (κ2) is 26.9. The Kier molecular flexibility index (Phi) is 20.5. The van der Waals surface area contributed by atoms with Crippen LogP contribution in [-0.2, 0) is 35.8 Å². The number of nitrogens with zero attached hydrogens (tertiary/aromatic N) is 4. The van der Waals surface area contributed by atoms with Crippen molar-refractivity contribution in [3.63, 3.8) is 0 Å². The Bertz CT molecular complexity index is 3590. The molecule has 3 aromatic carbocycles. The van der Waals surface area contributed by atoms with E-state index in [1.165, 1.54) is 0 Å². The summed E-state index contributed by atoms with van der Waals surface area (Å²) in [7, 11) is 1.72. The van der Waals surface area contributed by atoms with E-state index in [4.69, 9.17) is 20.5 Å². The maximum Gasteiger partial charge on any atom is 0.289 e. The summed E-state index contributed by atoms with van der Waals surface area (Å²) in [6.45, 7) is 27.2. The summed E-state index contributed by atoms with van der Waals surface area (Å²) in [5.74, 6) is -3.28. The van der Waals surface area contributed by atoms with Crippen LogP contribution in [0.1, 0.15) is 183 Å². The van der Waals surface area contributed by atoms with E-state index in [0.29, 0.717) is 71.7 Å². The number of amides is 3. The van der Waals surface area contributed by atoms with Crippen LogP contribution in [0.25, 0.3) is 0 Å². The molecule has 3 amide bonds. The molecule has 0 spiro atoms. The molecule has 3 aliphatic rings. The van der Waals surface area contributed by atoms with Crippen LogP contribution < -0.4 is 16.0 Å². The molecular formula is C66H78ClN7O11. The Balaban J connectivity index is 0.000000183. The van der Waals surface area contributed by atoms with Gasteiger partial charge in [-0.1, -0.05) is 69.8 Å². The van der Waals surface area contributed by atoms with Gasteiger partial charge in [0.05, 0.1) is 22.1 Å². The number of halogens is 1. The van der Waals surface area contributed by atoms with Crippen LogP contribution >= 0.6 is 11.6 Å². The zero-order valence-corrected chi connectivity index (χ0v) is 52.2. The lowest BCUT2D eigenvalue weighted by molar-refractivity contribution is -0.126. The minimum absolute atomic E-state index is 0.0258. The average molecular weight is 1180 g/mol. The van der Waals surface area contributed by atoms with E-state index < -0.39 is 17.8 Å². The van der Waals surface area contributed by atoms with Crippen molar-refractivity contribution in [1.82, 2.24) is 35.9 Å². The molecule has 0 bridgehead atoms. The number of nitrogens with one attached hydrogen (secondary N) is 3. The number of ketones is 6. The van der Waals surface area contributed by atoms with Gasteiger partial charge < -0.3 is 24.9 Å². The number of carbonyl (C=O) groups is 9. The molecule has 0 radical (unpaired) electrons. The van der Waals surface area contributed by atoms with E-state index in [0.717, 1.165) is 66.8 Å². The highest BCUT2D eigenvalue weighted by Gasteiger charge is 2.45. The summed E-state index contributed by atoms with van der Waals surface area (Å²) in [6, 6.07) is 12.1. The predicted molar refractivity (Wildman–Crippen MR) is 320 cm³/mol. The molecule has 0 saturated heterocycles. The van der Waals surface area contributed by atoms with Crippen molar-refractivity contribution in [3.05, 3.63) is 154 Å². The Labute approximate surface area is 501 Å². The van der Waals surface area contributed by atoms with E-state index in [1.54, 1.807) is 46.3 Å². The van der Waals surface area contributed by atoms with Crippen LogP contribution in [-0.4, -0.2) is 92.0 Å².